The van der Waals surface area contributed by atoms with Crippen molar-refractivity contribution >= 4 is 35.1 Å². The van der Waals surface area contributed by atoms with Gasteiger partial charge in [-0.1, -0.05) is 12.1 Å². The largest absolute Gasteiger partial charge is 0.490 e. The molecule has 28 heavy (non-hydrogen) atoms. The van der Waals surface area contributed by atoms with Gasteiger partial charge >= 0.3 is 5.97 Å². The number of amides is 1. The molecule has 0 saturated heterocycles. The lowest BCUT2D eigenvalue weighted by Crippen LogP contribution is -2.27. The summed E-state index contributed by atoms with van der Waals surface area (Å²) in [6.07, 6.45) is 2.98. The molecule has 1 N–H and O–H groups in total. The van der Waals surface area contributed by atoms with Gasteiger partial charge in [0.05, 0.1) is 11.5 Å². The second-order valence-electron chi connectivity index (χ2n) is 5.88. The highest BCUT2D eigenvalue weighted by molar-refractivity contribution is 7.16. The molecule has 2 rings (SSSR count). The molecule has 0 aliphatic heterocycles. The summed E-state index contributed by atoms with van der Waals surface area (Å²) in [6, 6.07) is 8.01. The van der Waals surface area contributed by atoms with Crippen LogP contribution in [0.4, 0.5) is 0 Å². The summed E-state index contributed by atoms with van der Waals surface area (Å²) in [4.78, 5) is 36.7. The summed E-state index contributed by atoms with van der Waals surface area (Å²) in [5.74, 6) is -0.614. The van der Waals surface area contributed by atoms with Crippen LogP contribution in [0.15, 0.2) is 36.4 Å². The molecule has 7 nitrogen and oxygen atoms in total. The van der Waals surface area contributed by atoms with E-state index in [0.29, 0.717) is 28.5 Å². The lowest BCUT2D eigenvalue weighted by atomic mass is 10.1. The smallest absolute Gasteiger partial charge is 0.345 e. The molecule has 1 heterocycles. The van der Waals surface area contributed by atoms with E-state index in [0.717, 1.165) is 11.3 Å². The Morgan fingerprint density at radius 2 is 1.79 bits per heavy atom. The van der Waals surface area contributed by atoms with E-state index in [1.165, 1.54) is 23.1 Å². The number of carbonyl (C=O) groups is 3. The lowest BCUT2D eigenvalue weighted by molar-refractivity contribution is -0.130. The number of carbonyl (C=O) groups excluding carboxylic acids is 2. The van der Waals surface area contributed by atoms with Crippen LogP contribution in [-0.2, 0) is 4.79 Å². The minimum atomic E-state index is -1.06. The van der Waals surface area contributed by atoms with E-state index in [1.807, 2.05) is 6.92 Å². The normalized spacial score (nSPS) is 10.7. The number of carboxylic acids is 1. The number of likely N-dealkylation sites (N-methyl/N-ethyl adjacent to an activating group) is 1. The van der Waals surface area contributed by atoms with Gasteiger partial charge in [0.1, 0.15) is 4.88 Å². The third-order valence-electron chi connectivity index (χ3n) is 3.60. The first-order chi connectivity index (χ1) is 13.3. The third-order valence-corrected chi connectivity index (χ3v) is 4.69. The maximum atomic E-state index is 12.2. The Hall–Kier alpha value is -3.13. The number of hydrogen-bond donors (Lipinski definition) is 1. The molecule has 0 aliphatic carbocycles. The molecule has 0 unspecified atom stereocenters. The Labute approximate surface area is 166 Å². The van der Waals surface area contributed by atoms with E-state index in [1.54, 1.807) is 38.4 Å². The van der Waals surface area contributed by atoms with Gasteiger partial charge in [0.2, 0.25) is 0 Å². The predicted octanol–water partition coefficient (Wildman–Crippen LogP) is 3.21. The highest BCUT2D eigenvalue weighted by atomic mass is 32.1. The average molecular weight is 403 g/mol. The van der Waals surface area contributed by atoms with Crippen LogP contribution in [0.1, 0.15) is 31.8 Å². The Kier molecular flexibility index (Phi) is 7.34. The van der Waals surface area contributed by atoms with Gasteiger partial charge in [-0.05, 0) is 42.8 Å². The van der Waals surface area contributed by atoms with Crippen LogP contribution in [0.5, 0.6) is 11.5 Å². The molecule has 1 aromatic heterocycles. The van der Waals surface area contributed by atoms with E-state index in [4.69, 9.17) is 14.6 Å². The maximum absolute atomic E-state index is 12.2. The predicted molar refractivity (Wildman–Crippen MR) is 106 cm³/mol. The van der Waals surface area contributed by atoms with Crippen LogP contribution >= 0.6 is 11.3 Å². The second-order valence-corrected chi connectivity index (χ2v) is 6.97. The number of hydrogen-bond acceptors (Lipinski definition) is 6. The maximum Gasteiger partial charge on any atom is 0.345 e. The van der Waals surface area contributed by atoms with Crippen molar-refractivity contribution in [2.45, 2.75) is 6.92 Å². The van der Waals surface area contributed by atoms with Gasteiger partial charge in [-0.3, -0.25) is 9.59 Å². The molecule has 2 aromatic rings. The Morgan fingerprint density at radius 3 is 2.39 bits per heavy atom. The lowest BCUT2D eigenvalue weighted by Gasteiger charge is -2.14. The van der Waals surface area contributed by atoms with Crippen molar-refractivity contribution in [3.05, 3.63) is 51.7 Å². The average Bonchev–Trinajstić information content (AvgIpc) is 3.16. The number of ketones is 1. The number of aromatic carboxylic acids is 1. The number of rotatable bonds is 9. The summed E-state index contributed by atoms with van der Waals surface area (Å²) in [6.45, 7) is 2.14. The molecule has 1 amide bonds. The molecule has 0 spiro atoms. The zero-order valence-electron chi connectivity index (χ0n) is 15.8. The Morgan fingerprint density at radius 1 is 1.07 bits per heavy atom. The van der Waals surface area contributed by atoms with Crippen LogP contribution < -0.4 is 9.47 Å². The third kappa shape index (κ3) is 5.68. The summed E-state index contributed by atoms with van der Waals surface area (Å²) >= 11 is 0.929. The van der Waals surface area contributed by atoms with Crippen LogP contribution in [0, 0.1) is 0 Å². The fraction of sp³-hybridized carbons (Fsp3) is 0.250. The van der Waals surface area contributed by atoms with Gasteiger partial charge in [0.25, 0.3) is 5.91 Å². The molecule has 0 bridgehead atoms. The number of carboxylic acid groups (broad SMARTS) is 1. The van der Waals surface area contributed by atoms with Crippen molar-refractivity contribution in [3.8, 4) is 11.5 Å². The van der Waals surface area contributed by atoms with E-state index < -0.39 is 5.97 Å². The standard InChI is InChI=1S/C20H21NO6S/c1-4-26-16-11-13(6-8-15(16)27-12-19(23)21(2)3)5-7-14(22)17-9-10-18(28-17)20(24)25/h5-11H,4,12H2,1-3H3,(H,24,25)/b7-5+. The van der Waals surface area contributed by atoms with Gasteiger partial charge in [-0.2, -0.15) is 0 Å². The molecular formula is C20H21NO6S. The molecule has 8 heteroatoms. The number of thiophene rings is 1. The first kappa shape index (κ1) is 21.2. The van der Waals surface area contributed by atoms with E-state index in [-0.39, 0.29) is 23.2 Å². The highest BCUT2D eigenvalue weighted by Gasteiger charge is 2.12. The Balaban J connectivity index is 2.13. The first-order valence-electron chi connectivity index (χ1n) is 8.47. The van der Waals surface area contributed by atoms with Crippen LogP contribution in [0.2, 0.25) is 0 Å². The molecule has 0 radical (unpaired) electrons. The van der Waals surface area contributed by atoms with Gasteiger partial charge in [-0.25, -0.2) is 4.79 Å². The van der Waals surface area contributed by atoms with Gasteiger partial charge < -0.3 is 19.5 Å². The van der Waals surface area contributed by atoms with Crippen LogP contribution in [-0.4, -0.2) is 55.0 Å². The molecule has 0 atom stereocenters. The van der Waals surface area contributed by atoms with Crippen molar-refractivity contribution in [2.24, 2.45) is 0 Å². The monoisotopic (exact) mass is 403 g/mol. The van der Waals surface area contributed by atoms with Crippen molar-refractivity contribution < 1.29 is 29.0 Å². The molecule has 0 fully saturated rings. The van der Waals surface area contributed by atoms with Gasteiger partial charge in [0.15, 0.2) is 23.9 Å². The summed E-state index contributed by atoms with van der Waals surface area (Å²) < 4.78 is 11.1. The zero-order valence-corrected chi connectivity index (χ0v) is 16.6. The quantitative estimate of drug-likeness (QED) is 0.510. The molecule has 1 aromatic carbocycles. The van der Waals surface area contributed by atoms with Gasteiger partial charge in [0, 0.05) is 14.1 Å². The minimum absolute atomic E-state index is 0.106. The summed E-state index contributed by atoms with van der Waals surface area (Å²) in [5, 5.41) is 8.93. The van der Waals surface area contributed by atoms with Crippen molar-refractivity contribution in [1.82, 2.24) is 4.90 Å². The fourth-order valence-corrected chi connectivity index (χ4v) is 2.89. The number of ether oxygens (including phenoxy) is 2. The molecule has 0 aliphatic rings. The highest BCUT2D eigenvalue weighted by Crippen LogP contribution is 2.29. The molecule has 148 valence electrons. The minimum Gasteiger partial charge on any atom is -0.490 e. The van der Waals surface area contributed by atoms with Crippen LogP contribution in [0.25, 0.3) is 6.08 Å². The van der Waals surface area contributed by atoms with E-state index in [9.17, 15) is 14.4 Å². The van der Waals surface area contributed by atoms with Crippen molar-refractivity contribution in [3.63, 3.8) is 0 Å². The second kappa shape index (κ2) is 9.70. The summed E-state index contributed by atoms with van der Waals surface area (Å²) in [5.41, 5.74) is 0.707. The van der Waals surface area contributed by atoms with Crippen LogP contribution in [0.3, 0.4) is 0 Å². The SMILES string of the molecule is CCOc1cc(/C=C/C(=O)c2ccc(C(=O)O)s2)ccc1OCC(=O)N(C)C. The van der Waals surface area contributed by atoms with Crippen molar-refractivity contribution in [2.75, 3.05) is 27.3 Å². The van der Waals surface area contributed by atoms with Crippen molar-refractivity contribution in [1.29, 1.82) is 0 Å². The first-order valence-corrected chi connectivity index (χ1v) is 9.28. The number of nitrogens with zero attached hydrogens (tertiary/aromatic N) is 1. The Bertz CT molecular complexity index is 900. The van der Waals surface area contributed by atoms with Gasteiger partial charge in [-0.15, -0.1) is 11.3 Å². The summed E-state index contributed by atoms with van der Waals surface area (Å²) in [7, 11) is 3.29. The molecule has 0 saturated carbocycles. The number of benzene rings is 1. The fourth-order valence-electron chi connectivity index (χ4n) is 2.12. The molecular weight excluding hydrogens is 382 g/mol. The number of allylic oxidation sites excluding steroid dienone is 1. The topological polar surface area (TPSA) is 93.1 Å². The van der Waals surface area contributed by atoms with E-state index >= 15 is 0 Å². The zero-order chi connectivity index (χ0) is 20.7. The van der Waals surface area contributed by atoms with E-state index in [2.05, 4.69) is 0 Å².